The Balaban J connectivity index is 1.87. The van der Waals surface area contributed by atoms with Crippen molar-refractivity contribution in [3.05, 3.63) is 51.0 Å². The maximum Gasteiger partial charge on any atom is 0.191 e. The van der Waals surface area contributed by atoms with Crippen LogP contribution in [0.4, 0.5) is 0 Å². The maximum absolute atomic E-state index is 4.60. The molecule has 0 saturated heterocycles. The zero-order valence-electron chi connectivity index (χ0n) is 17.5. The zero-order chi connectivity index (χ0) is 19.8. The van der Waals surface area contributed by atoms with Gasteiger partial charge in [-0.25, -0.2) is 4.98 Å². The van der Waals surface area contributed by atoms with Crippen molar-refractivity contribution in [3.8, 4) is 0 Å². The van der Waals surface area contributed by atoms with Crippen LogP contribution >= 0.6 is 11.3 Å². The van der Waals surface area contributed by atoms with Gasteiger partial charge in [-0.15, -0.1) is 11.3 Å². The third-order valence-corrected chi connectivity index (χ3v) is 5.92. The first-order valence-corrected chi connectivity index (χ1v) is 10.4. The van der Waals surface area contributed by atoms with Crippen molar-refractivity contribution in [3.63, 3.8) is 0 Å². The average molecular weight is 388 g/mol. The van der Waals surface area contributed by atoms with Crippen LogP contribution in [0.1, 0.15) is 39.7 Å². The smallest absolute Gasteiger partial charge is 0.191 e. The molecule has 1 atom stereocenters. The molecule has 2 aromatic rings. The normalized spacial score (nSPS) is 13.1. The molecule has 0 spiro atoms. The first kappa shape index (κ1) is 21.4. The third kappa shape index (κ3) is 6.33. The van der Waals surface area contributed by atoms with E-state index in [-0.39, 0.29) is 0 Å². The average Bonchev–Trinajstić information content (AvgIpc) is 2.98. The molecule has 0 aliphatic heterocycles. The highest BCUT2D eigenvalue weighted by Gasteiger charge is 2.14. The van der Waals surface area contributed by atoms with Crippen LogP contribution in [0.2, 0.25) is 0 Å². The topological polar surface area (TPSA) is 52.6 Å². The van der Waals surface area contributed by atoms with Crippen LogP contribution in [0.5, 0.6) is 0 Å². The van der Waals surface area contributed by atoms with Crippen LogP contribution in [-0.2, 0) is 12.8 Å². The Morgan fingerprint density at radius 1 is 1.19 bits per heavy atom. The number of nitrogens with one attached hydrogen (secondary N) is 2. The van der Waals surface area contributed by atoms with Gasteiger partial charge in [0.25, 0.3) is 0 Å². The van der Waals surface area contributed by atoms with Gasteiger partial charge in [-0.1, -0.05) is 31.2 Å². The second kappa shape index (κ2) is 10.4. The number of rotatable bonds is 8. The van der Waals surface area contributed by atoms with Gasteiger partial charge in [-0.05, 0) is 45.5 Å². The van der Waals surface area contributed by atoms with Crippen LogP contribution in [-0.4, -0.2) is 50.1 Å². The van der Waals surface area contributed by atoms with E-state index >= 15 is 0 Å². The maximum atomic E-state index is 4.60. The van der Waals surface area contributed by atoms with Gasteiger partial charge < -0.3 is 15.5 Å². The number of nitrogens with zero attached hydrogens (tertiary/aromatic N) is 3. The van der Waals surface area contributed by atoms with E-state index in [9.17, 15) is 0 Å². The summed E-state index contributed by atoms with van der Waals surface area (Å²) in [5.41, 5.74) is 3.82. The number of aliphatic imine (C=N–C) groups is 1. The number of guanidine groups is 1. The Bertz CT molecular complexity index is 714. The fourth-order valence-electron chi connectivity index (χ4n) is 2.92. The van der Waals surface area contributed by atoms with E-state index in [0.717, 1.165) is 37.6 Å². The van der Waals surface area contributed by atoms with E-state index in [1.165, 1.54) is 21.0 Å². The van der Waals surface area contributed by atoms with Crippen LogP contribution < -0.4 is 10.6 Å². The molecule has 1 unspecified atom stereocenters. The summed E-state index contributed by atoms with van der Waals surface area (Å²) in [7, 11) is 6.04. The molecule has 0 bridgehead atoms. The van der Waals surface area contributed by atoms with Gasteiger partial charge in [0.05, 0.1) is 16.7 Å². The molecule has 0 radical (unpaired) electrons. The summed E-state index contributed by atoms with van der Waals surface area (Å²) >= 11 is 1.78. The van der Waals surface area contributed by atoms with E-state index < -0.39 is 0 Å². The molecular formula is C21H33N5S. The van der Waals surface area contributed by atoms with E-state index in [2.05, 4.69) is 84.6 Å². The van der Waals surface area contributed by atoms with Crippen LogP contribution in [0.3, 0.4) is 0 Å². The van der Waals surface area contributed by atoms with Gasteiger partial charge in [-0.3, -0.25) is 4.99 Å². The minimum atomic E-state index is 0.290. The first-order chi connectivity index (χ1) is 12.9. The Morgan fingerprint density at radius 2 is 1.89 bits per heavy atom. The number of thiazole rings is 1. The lowest BCUT2D eigenvalue weighted by Crippen LogP contribution is -2.42. The minimum Gasteiger partial charge on any atom is -0.356 e. The number of hydrogen-bond acceptors (Lipinski definition) is 4. The Kier molecular flexibility index (Phi) is 8.25. The summed E-state index contributed by atoms with van der Waals surface area (Å²) in [6.07, 6.45) is 1.98. The molecule has 1 aromatic carbocycles. The molecule has 0 fully saturated rings. The molecule has 0 amide bonds. The second-order valence-electron chi connectivity index (χ2n) is 6.95. The van der Waals surface area contributed by atoms with Crippen molar-refractivity contribution in [2.24, 2.45) is 4.99 Å². The van der Waals surface area contributed by atoms with Gasteiger partial charge in [0.15, 0.2) is 5.96 Å². The summed E-state index contributed by atoms with van der Waals surface area (Å²) in [5.74, 6) is 0.831. The first-order valence-electron chi connectivity index (χ1n) is 9.57. The van der Waals surface area contributed by atoms with Gasteiger partial charge >= 0.3 is 0 Å². The molecule has 148 valence electrons. The fourth-order valence-corrected chi connectivity index (χ4v) is 3.86. The van der Waals surface area contributed by atoms with Crippen LogP contribution in [0, 0.1) is 13.8 Å². The molecule has 0 aliphatic rings. The molecule has 2 N–H and O–H groups in total. The van der Waals surface area contributed by atoms with E-state index in [1.807, 2.05) is 7.05 Å². The molecule has 0 aliphatic carbocycles. The summed E-state index contributed by atoms with van der Waals surface area (Å²) in [5, 5.41) is 8.03. The van der Waals surface area contributed by atoms with Crippen molar-refractivity contribution in [2.45, 2.75) is 39.7 Å². The van der Waals surface area contributed by atoms with Crippen molar-refractivity contribution < 1.29 is 0 Å². The third-order valence-electron chi connectivity index (χ3n) is 4.79. The quantitative estimate of drug-likeness (QED) is 0.539. The van der Waals surface area contributed by atoms with E-state index in [1.54, 1.807) is 11.3 Å². The second-order valence-corrected chi connectivity index (χ2v) is 8.24. The lowest BCUT2D eigenvalue weighted by atomic mass is 10.0. The lowest BCUT2D eigenvalue weighted by Gasteiger charge is -2.26. The Morgan fingerprint density at radius 3 is 2.41 bits per heavy atom. The standard InChI is InChI=1S/C21H33N5S/c1-7-17-8-10-18(11-9-17)19(26(5)6)14-24-21(22-4)23-13-12-20-25-15(2)16(3)27-20/h8-11,19H,7,12-14H2,1-6H3,(H2,22,23,24). The highest BCUT2D eigenvalue weighted by atomic mass is 32.1. The number of likely N-dealkylation sites (N-methyl/N-ethyl adjacent to an activating group) is 1. The predicted octanol–water partition coefficient (Wildman–Crippen LogP) is 3.33. The number of aryl methyl sites for hydroxylation is 3. The van der Waals surface area contributed by atoms with Crippen molar-refractivity contribution in [1.29, 1.82) is 0 Å². The monoisotopic (exact) mass is 387 g/mol. The van der Waals surface area contributed by atoms with Gasteiger partial charge in [-0.2, -0.15) is 0 Å². The predicted molar refractivity (Wildman–Crippen MR) is 117 cm³/mol. The molecule has 0 saturated carbocycles. The summed E-state index contributed by atoms with van der Waals surface area (Å²) in [4.78, 5) is 12.5. The number of aromatic nitrogens is 1. The molecule has 5 nitrogen and oxygen atoms in total. The van der Waals surface area contributed by atoms with Gasteiger partial charge in [0.1, 0.15) is 0 Å². The lowest BCUT2D eigenvalue weighted by molar-refractivity contribution is 0.298. The molecule has 2 rings (SSSR count). The fraction of sp³-hybridized carbons (Fsp3) is 0.524. The highest BCUT2D eigenvalue weighted by Crippen LogP contribution is 2.18. The number of hydrogen-bond donors (Lipinski definition) is 2. The molecular weight excluding hydrogens is 354 g/mol. The highest BCUT2D eigenvalue weighted by molar-refractivity contribution is 7.11. The Labute approximate surface area is 167 Å². The van der Waals surface area contributed by atoms with Crippen molar-refractivity contribution in [2.75, 3.05) is 34.2 Å². The molecule has 1 heterocycles. The SMILES string of the molecule is CCc1ccc(C(CNC(=NC)NCCc2nc(C)c(C)s2)N(C)C)cc1. The summed E-state index contributed by atoms with van der Waals surface area (Å²) in [6.45, 7) is 8.00. The van der Waals surface area contributed by atoms with E-state index in [4.69, 9.17) is 0 Å². The minimum absolute atomic E-state index is 0.290. The van der Waals surface area contributed by atoms with E-state index in [0.29, 0.717) is 6.04 Å². The van der Waals surface area contributed by atoms with Crippen molar-refractivity contribution in [1.82, 2.24) is 20.5 Å². The zero-order valence-corrected chi connectivity index (χ0v) is 18.3. The Hall–Kier alpha value is -1.92. The largest absolute Gasteiger partial charge is 0.356 e. The van der Waals surface area contributed by atoms with Crippen LogP contribution in [0.15, 0.2) is 29.3 Å². The summed E-state index contributed by atoms with van der Waals surface area (Å²) < 4.78 is 0. The van der Waals surface area contributed by atoms with Gasteiger partial charge in [0.2, 0.25) is 0 Å². The molecule has 6 heteroatoms. The molecule has 1 aromatic heterocycles. The molecule has 27 heavy (non-hydrogen) atoms. The van der Waals surface area contributed by atoms with Crippen molar-refractivity contribution >= 4 is 17.3 Å². The van der Waals surface area contributed by atoms with Gasteiger partial charge in [0, 0.05) is 31.4 Å². The summed E-state index contributed by atoms with van der Waals surface area (Å²) in [6, 6.07) is 9.19. The number of benzene rings is 1. The van der Waals surface area contributed by atoms with Crippen LogP contribution in [0.25, 0.3) is 0 Å².